The fourth-order valence-electron chi connectivity index (χ4n) is 1.65. The summed E-state index contributed by atoms with van der Waals surface area (Å²) < 4.78 is 14.4. The zero-order valence-electron chi connectivity index (χ0n) is 9.28. The molecular formula is C12H12BrFN2S. The number of nitrogens with two attached hydrogens (primary N) is 1. The van der Waals surface area contributed by atoms with Crippen molar-refractivity contribution in [3.63, 3.8) is 0 Å². The normalized spacial score (nSPS) is 10.5. The molecule has 1 aromatic carbocycles. The van der Waals surface area contributed by atoms with Gasteiger partial charge in [-0.25, -0.2) is 4.39 Å². The summed E-state index contributed by atoms with van der Waals surface area (Å²) in [5.41, 5.74) is 7.81. The molecular weight excluding hydrogens is 303 g/mol. The van der Waals surface area contributed by atoms with E-state index in [9.17, 15) is 4.39 Å². The van der Waals surface area contributed by atoms with Crippen LogP contribution in [0.15, 0.2) is 33.4 Å². The molecule has 2 rings (SSSR count). The second-order valence-corrected chi connectivity index (χ2v) is 6.08. The van der Waals surface area contributed by atoms with Gasteiger partial charge >= 0.3 is 0 Å². The summed E-state index contributed by atoms with van der Waals surface area (Å²) in [4.78, 5) is 1.94. The topological polar surface area (TPSA) is 29.3 Å². The largest absolute Gasteiger partial charge is 0.395 e. The van der Waals surface area contributed by atoms with Gasteiger partial charge in [0.05, 0.1) is 15.2 Å². The summed E-state index contributed by atoms with van der Waals surface area (Å²) in [6.45, 7) is 0.704. The Bertz CT molecular complexity index is 527. The fraction of sp³-hybridized carbons (Fsp3) is 0.167. The Morgan fingerprint density at radius 1 is 1.47 bits per heavy atom. The zero-order chi connectivity index (χ0) is 12.4. The summed E-state index contributed by atoms with van der Waals surface area (Å²) in [5, 5.41) is 2.07. The fourth-order valence-corrected chi connectivity index (χ4v) is 2.85. The number of thiophene rings is 1. The number of hydrogen-bond donors (Lipinski definition) is 1. The second-order valence-electron chi connectivity index (χ2n) is 3.79. The van der Waals surface area contributed by atoms with E-state index in [-0.39, 0.29) is 11.5 Å². The van der Waals surface area contributed by atoms with Crippen LogP contribution < -0.4 is 10.6 Å². The molecule has 0 unspecified atom stereocenters. The summed E-state index contributed by atoms with van der Waals surface area (Å²) in [7, 11) is 1.90. The van der Waals surface area contributed by atoms with Gasteiger partial charge in [0.25, 0.3) is 0 Å². The van der Waals surface area contributed by atoms with Gasteiger partial charge in [-0.1, -0.05) is 6.07 Å². The molecule has 17 heavy (non-hydrogen) atoms. The molecule has 0 saturated carbocycles. The monoisotopic (exact) mass is 314 g/mol. The standard InChI is InChI=1S/C12H12BrFN2S/c1-16(6-8-5-11(13)17-7-8)10-4-2-3-9(14)12(10)15/h2-5,7H,6,15H2,1H3. The van der Waals surface area contributed by atoms with Crippen LogP contribution >= 0.6 is 27.3 Å². The number of halogens is 2. The molecule has 1 heterocycles. The van der Waals surface area contributed by atoms with Gasteiger partial charge in [-0.15, -0.1) is 11.3 Å². The molecule has 2 nitrogen and oxygen atoms in total. The molecule has 0 fully saturated rings. The van der Waals surface area contributed by atoms with Crippen LogP contribution in [0.3, 0.4) is 0 Å². The van der Waals surface area contributed by atoms with E-state index >= 15 is 0 Å². The van der Waals surface area contributed by atoms with Crippen LogP contribution in [0.2, 0.25) is 0 Å². The van der Waals surface area contributed by atoms with Gasteiger partial charge in [-0.2, -0.15) is 0 Å². The Kier molecular flexibility index (Phi) is 3.69. The van der Waals surface area contributed by atoms with Crippen LogP contribution in [0, 0.1) is 5.82 Å². The Balaban J connectivity index is 2.20. The number of para-hydroxylation sites is 1. The van der Waals surface area contributed by atoms with Crippen molar-refractivity contribution in [3.05, 3.63) is 44.8 Å². The predicted octanol–water partition coefficient (Wildman–Crippen LogP) is 3.87. The zero-order valence-corrected chi connectivity index (χ0v) is 11.7. The highest BCUT2D eigenvalue weighted by Gasteiger charge is 2.09. The molecule has 0 radical (unpaired) electrons. The van der Waals surface area contributed by atoms with Crippen molar-refractivity contribution in [1.29, 1.82) is 0 Å². The third-order valence-electron chi connectivity index (χ3n) is 2.48. The van der Waals surface area contributed by atoms with Crippen LogP contribution in [0.4, 0.5) is 15.8 Å². The molecule has 0 bridgehead atoms. The SMILES string of the molecule is CN(Cc1csc(Br)c1)c1cccc(F)c1N. The number of nitrogen functional groups attached to an aromatic ring is 1. The van der Waals surface area contributed by atoms with Crippen molar-refractivity contribution in [3.8, 4) is 0 Å². The minimum absolute atomic E-state index is 0.198. The Hall–Kier alpha value is -1.07. The Morgan fingerprint density at radius 3 is 2.88 bits per heavy atom. The van der Waals surface area contributed by atoms with E-state index < -0.39 is 0 Å². The number of hydrogen-bond acceptors (Lipinski definition) is 3. The molecule has 0 saturated heterocycles. The smallest absolute Gasteiger partial charge is 0.148 e. The first-order valence-electron chi connectivity index (χ1n) is 5.06. The molecule has 0 spiro atoms. The minimum atomic E-state index is -0.374. The van der Waals surface area contributed by atoms with Crippen molar-refractivity contribution in [2.24, 2.45) is 0 Å². The van der Waals surface area contributed by atoms with Crippen LogP contribution in [0.25, 0.3) is 0 Å². The third-order valence-corrected chi connectivity index (χ3v) is 4.04. The van der Waals surface area contributed by atoms with E-state index in [0.29, 0.717) is 12.2 Å². The van der Waals surface area contributed by atoms with Gasteiger partial charge in [0.15, 0.2) is 0 Å². The molecule has 2 N–H and O–H groups in total. The van der Waals surface area contributed by atoms with E-state index in [1.54, 1.807) is 17.4 Å². The lowest BCUT2D eigenvalue weighted by molar-refractivity contribution is 0.632. The summed E-state index contributed by atoms with van der Waals surface area (Å²) in [5.74, 6) is -0.374. The van der Waals surface area contributed by atoms with Crippen molar-refractivity contribution < 1.29 is 4.39 Å². The van der Waals surface area contributed by atoms with Gasteiger partial charge in [-0.05, 0) is 45.1 Å². The van der Waals surface area contributed by atoms with Crippen LogP contribution in [-0.4, -0.2) is 7.05 Å². The quantitative estimate of drug-likeness (QED) is 0.871. The van der Waals surface area contributed by atoms with Crippen molar-refractivity contribution >= 4 is 38.6 Å². The highest BCUT2D eigenvalue weighted by Crippen LogP contribution is 2.27. The van der Waals surface area contributed by atoms with Crippen molar-refractivity contribution in [2.75, 3.05) is 17.7 Å². The Morgan fingerprint density at radius 2 is 2.24 bits per heavy atom. The van der Waals surface area contributed by atoms with Crippen molar-refractivity contribution in [1.82, 2.24) is 0 Å². The number of rotatable bonds is 3. The maximum atomic E-state index is 13.3. The summed E-state index contributed by atoms with van der Waals surface area (Å²) in [6, 6.07) is 6.91. The van der Waals surface area contributed by atoms with Gasteiger partial charge in [0.1, 0.15) is 5.82 Å². The first kappa shape index (κ1) is 12.4. The molecule has 2 aromatic rings. The molecule has 0 amide bonds. The Labute approximate surface area is 112 Å². The minimum Gasteiger partial charge on any atom is -0.395 e. The lowest BCUT2D eigenvalue weighted by Crippen LogP contribution is -2.17. The van der Waals surface area contributed by atoms with Gasteiger partial charge < -0.3 is 10.6 Å². The number of benzene rings is 1. The van der Waals surface area contributed by atoms with E-state index in [1.165, 1.54) is 11.6 Å². The summed E-state index contributed by atoms with van der Waals surface area (Å²) >= 11 is 5.05. The van der Waals surface area contributed by atoms with Crippen molar-refractivity contribution in [2.45, 2.75) is 6.54 Å². The van der Waals surface area contributed by atoms with E-state index in [1.807, 2.05) is 18.0 Å². The average Bonchev–Trinajstić information content (AvgIpc) is 2.68. The van der Waals surface area contributed by atoms with Gasteiger partial charge in [0, 0.05) is 13.6 Å². The van der Waals surface area contributed by atoms with Gasteiger partial charge in [-0.3, -0.25) is 0 Å². The first-order chi connectivity index (χ1) is 8.08. The summed E-state index contributed by atoms with van der Waals surface area (Å²) in [6.07, 6.45) is 0. The maximum absolute atomic E-state index is 13.3. The highest BCUT2D eigenvalue weighted by molar-refractivity contribution is 9.11. The van der Waals surface area contributed by atoms with E-state index in [0.717, 1.165) is 3.79 Å². The van der Waals surface area contributed by atoms with Gasteiger partial charge in [0.2, 0.25) is 0 Å². The second kappa shape index (κ2) is 5.06. The molecule has 90 valence electrons. The molecule has 0 aliphatic rings. The molecule has 0 aliphatic heterocycles. The molecule has 0 aliphatic carbocycles. The first-order valence-corrected chi connectivity index (χ1v) is 6.73. The number of anilines is 2. The van der Waals surface area contributed by atoms with Crippen LogP contribution in [0.5, 0.6) is 0 Å². The highest BCUT2D eigenvalue weighted by atomic mass is 79.9. The predicted molar refractivity (Wildman–Crippen MR) is 74.9 cm³/mol. The third kappa shape index (κ3) is 2.79. The average molecular weight is 315 g/mol. The lowest BCUT2D eigenvalue weighted by Gasteiger charge is -2.20. The molecule has 0 atom stereocenters. The van der Waals surface area contributed by atoms with Crippen LogP contribution in [0.1, 0.15) is 5.56 Å². The molecule has 5 heteroatoms. The van der Waals surface area contributed by atoms with E-state index in [4.69, 9.17) is 5.73 Å². The maximum Gasteiger partial charge on any atom is 0.148 e. The molecule has 1 aromatic heterocycles. The van der Waals surface area contributed by atoms with E-state index in [2.05, 4.69) is 27.4 Å². The lowest BCUT2D eigenvalue weighted by atomic mass is 10.2. The van der Waals surface area contributed by atoms with Crippen LogP contribution in [-0.2, 0) is 6.54 Å². The number of nitrogens with zero attached hydrogens (tertiary/aromatic N) is 1.